The zero-order valence-corrected chi connectivity index (χ0v) is 6.34. The number of hydrogen-bond acceptors (Lipinski definition) is 3. The molecule has 2 aliphatic heterocycles. The van der Waals surface area contributed by atoms with Crippen molar-refractivity contribution in [1.82, 2.24) is 4.90 Å². The molecule has 2 heterocycles. The Bertz CT molecular complexity index is 145. The molecular weight excluding hydrogens is 128 g/mol. The average molecular weight is 142 g/mol. The van der Waals surface area contributed by atoms with Crippen LogP contribution in [0.2, 0.25) is 0 Å². The maximum atomic E-state index is 5.81. The minimum absolute atomic E-state index is 0.333. The summed E-state index contributed by atoms with van der Waals surface area (Å²) in [6.45, 7) is 2.80. The maximum Gasteiger partial charge on any atom is 0.0691 e. The molecule has 0 radical (unpaired) electrons. The Kier molecular flexibility index (Phi) is 1.27. The van der Waals surface area contributed by atoms with Crippen molar-refractivity contribution in [3.05, 3.63) is 0 Å². The fraction of sp³-hybridized carbons (Fsp3) is 1.00. The molecule has 1 spiro atoms. The molecule has 0 saturated carbocycles. The molecule has 10 heavy (non-hydrogen) atoms. The Morgan fingerprint density at radius 3 is 2.50 bits per heavy atom. The SMILES string of the molecule is CN1C[C@H](N)CC12COC2. The van der Waals surface area contributed by atoms with Crippen LogP contribution in [-0.4, -0.2) is 43.3 Å². The van der Waals surface area contributed by atoms with Crippen molar-refractivity contribution in [3.63, 3.8) is 0 Å². The van der Waals surface area contributed by atoms with E-state index in [9.17, 15) is 0 Å². The van der Waals surface area contributed by atoms with Crippen LogP contribution in [0.1, 0.15) is 6.42 Å². The molecule has 2 rings (SSSR count). The van der Waals surface area contributed by atoms with Gasteiger partial charge in [-0.05, 0) is 13.5 Å². The van der Waals surface area contributed by atoms with Gasteiger partial charge in [-0.25, -0.2) is 0 Å². The minimum atomic E-state index is 0.333. The van der Waals surface area contributed by atoms with Gasteiger partial charge < -0.3 is 10.5 Å². The maximum absolute atomic E-state index is 5.81. The summed E-state index contributed by atoms with van der Waals surface area (Å²) in [5, 5.41) is 0. The Morgan fingerprint density at radius 1 is 1.60 bits per heavy atom. The Hall–Kier alpha value is -0.120. The second-order valence-electron chi connectivity index (χ2n) is 3.56. The zero-order valence-electron chi connectivity index (χ0n) is 6.34. The van der Waals surface area contributed by atoms with Gasteiger partial charge in [0.25, 0.3) is 0 Å². The molecular formula is C7H14N2O. The van der Waals surface area contributed by atoms with E-state index < -0.39 is 0 Å². The molecule has 1 atom stereocenters. The van der Waals surface area contributed by atoms with E-state index in [1.807, 2.05) is 0 Å². The predicted octanol–water partition coefficient (Wildman–Crippen LogP) is -0.582. The molecule has 0 bridgehead atoms. The first-order chi connectivity index (χ1) is 4.73. The normalized spacial score (nSPS) is 38.4. The van der Waals surface area contributed by atoms with Crippen molar-refractivity contribution in [2.45, 2.75) is 18.0 Å². The molecule has 3 heteroatoms. The van der Waals surface area contributed by atoms with Crippen LogP contribution in [0.5, 0.6) is 0 Å². The molecule has 58 valence electrons. The van der Waals surface area contributed by atoms with Crippen LogP contribution in [0.25, 0.3) is 0 Å². The standard InChI is InChI=1S/C7H14N2O/c1-9-3-6(8)2-7(9)4-10-5-7/h6H,2-5,8H2,1H3/t6-/m1/s1. The molecule has 0 aromatic heterocycles. The van der Waals surface area contributed by atoms with Gasteiger partial charge in [0.05, 0.1) is 18.8 Å². The molecule has 0 aromatic carbocycles. The lowest BCUT2D eigenvalue weighted by molar-refractivity contribution is -0.115. The van der Waals surface area contributed by atoms with Crippen LogP contribution in [0.4, 0.5) is 0 Å². The number of nitrogens with two attached hydrogens (primary N) is 1. The van der Waals surface area contributed by atoms with Crippen molar-refractivity contribution in [3.8, 4) is 0 Å². The number of ether oxygens (including phenoxy) is 1. The van der Waals surface area contributed by atoms with Gasteiger partial charge in [0.2, 0.25) is 0 Å². The second-order valence-corrected chi connectivity index (χ2v) is 3.56. The summed E-state index contributed by atoms with van der Waals surface area (Å²) >= 11 is 0. The summed E-state index contributed by atoms with van der Waals surface area (Å²) in [4.78, 5) is 2.33. The van der Waals surface area contributed by atoms with Crippen LogP contribution < -0.4 is 5.73 Å². The van der Waals surface area contributed by atoms with Crippen molar-refractivity contribution < 1.29 is 4.74 Å². The lowest BCUT2D eigenvalue weighted by Gasteiger charge is -2.43. The van der Waals surface area contributed by atoms with Crippen LogP contribution >= 0.6 is 0 Å². The molecule has 2 aliphatic rings. The van der Waals surface area contributed by atoms with E-state index in [1.165, 1.54) is 0 Å². The number of likely N-dealkylation sites (tertiary alicyclic amines) is 1. The molecule has 0 unspecified atom stereocenters. The first kappa shape index (κ1) is 6.58. The van der Waals surface area contributed by atoms with E-state index >= 15 is 0 Å². The molecule has 0 aliphatic carbocycles. The third kappa shape index (κ3) is 0.713. The lowest BCUT2D eigenvalue weighted by atomic mass is 9.93. The second kappa shape index (κ2) is 1.94. The highest BCUT2D eigenvalue weighted by molar-refractivity contribution is 5.03. The molecule has 3 nitrogen and oxygen atoms in total. The minimum Gasteiger partial charge on any atom is -0.377 e. The van der Waals surface area contributed by atoms with Crippen molar-refractivity contribution in [1.29, 1.82) is 0 Å². The Morgan fingerprint density at radius 2 is 2.30 bits per heavy atom. The van der Waals surface area contributed by atoms with Gasteiger partial charge in [0, 0.05) is 12.6 Å². The number of hydrogen-bond donors (Lipinski definition) is 1. The van der Waals surface area contributed by atoms with Gasteiger partial charge in [-0.15, -0.1) is 0 Å². The van der Waals surface area contributed by atoms with Crippen molar-refractivity contribution >= 4 is 0 Å². The first-order valence-electron chi connectivity index (χ1n) is 3.77. The fourth-order valence-electron chi connectivity index (χ4n) is 1.93. The van der Waals surface area contributed by atoms with Crippen LogP contribution in [-0.2, 0) is 4.74 Å². The van der Waals surface area contributed by atoms with Gasteiger partial charge in [-0.1, -0.05) is 0 Å². The number of rotatable bonds is 0. The Balaban J connectivity index is 2.08. The third-order valence-electron chi connectivity index (χ3n) is 2.70. The summed E-state index contributed by atoms with van der Waals surface area (Å²) < 4.78 is 5.18. The third-order valence-corrected chi connectivity index (χ3v) is 2.70. The molecule has 0 amide bonds. The highest BCUT2D eigenvalue weighted by atomic mass is 16.5. The zero-order chi connectivity index (χ0) is 7.19. The van der Waals surface area contributed by atoms with E-state index in [-0.39, 0.29) is 0 Å². The average Bonchev–Trinajstić information content (AvgIpc) is 2.04. The summed E-state index contributed by atoms with van der Waals surface area (Å²) in [5.41, 5.74) is 6.15. The van der Waals surface area contributed by atoms with E-state index in [0.717, 1.165) is 26.2 Å². The topological polar surface area (TPSA) is 38.5 Å². The fourth-order valence-corrected chi connectivity index (χ4v) is 1.93. The van der Waals surface area contributed by atoms with E-state index in [2.05, 4.69) is 11.9 Å². The summed E-state index contributed by atoms with van der Waals surface area (Å²) in [5.74, 6) is 0. The van der Waals surface area contributed by atoms with E-state index in [1.54, 1.807) is 0 Å². The summed E-state index contributed by atoms with van der Waals surface area (Å²) in [6.07, 6.45) is 1.11. The molecule has 2 saturated heterocycles. The van der Waals surface area contributed by atoms with Gasteiger partial charge >= 0.3 is 0 Å². The van der Waals surface area contributed by atoms with Crippen LogP contribution in [0, 0.1) is 0 Å². The van der Waals surface area contributed by atoms with Gasteiger partial charge in [0.15, 0.2) is 0 Å². The Labute approximate surface area is 61.1 Å². The smallest absolute Gasteiger partial charge is 0.0691 e. The monoisotopic (exact) mass is 142 g/mol. The molecule has 2 fully saturated rings. The van der Waals surface area contributed by atoms with Gasteiger partial charge in [0.1, 0.15) is 0 Å². The van der Waals surface area contributed by atoms with E-state index in [0.29, 0.717) is 11.6 Å². The van der Waals surface area contributed by atoms with Gasteiger partial charge in [-0.2, -0.15) is 0 Å². The largest absolute Gasteiger partial charge is 0.377 e. The van der Waals surface area contributed by atoms with Crippen LogP contribution in [0.3, 0.4) is 0 Å². The lowest BCUT2D eigenvalue weighted by Crippen LogP contribution is -2.57. The van der Waals surface area contributed by atoms with Crippen molar-refractivity contribution in [2.75, 3.05) is 26.8 Å². The van der Waals surface area contributed by atoms with Crippen molar-refractivity contribution in [2.24, 2.45) is 5.73 Å². The number of likely N-dealkylation sites (N-methyl/N-ethyl adjacent to an activating group) is 1. The highest BCUT2D eigenvalue weighted by Crippen LogP contribution is 2.33. The quantitative estimate of drug-likeness (QED) is 0.491. The summed E-state index contributed by atoms with van der Waals surface area (Å²) in [6, 6.07) is 0.369. The number of nitrogens with zero attached hydrogens (tertiary/aromatic N) is 1. The predicted molar refractivity (Wildman–Crippen MR) is 38.8 cm³/mol. The van der Waals surface area contributed by atoms with Crippen LogP contribution in [0.15, 0.2) is 0 Å². The molecule has 0 aromatic rings. The van der Waals surface area contributed by atoms with E-state index in [4.69, 9.17) is 10.5 Å². The first-order valence-corrected chi connectivity index (χ1v) is 3.77. The highest BCUT2D eigenvalue weighted by Gasteiger charge is 2.48. The molecule has 2 N–H and O–H groups in total. The van der Waals surface area contributed by atoms with Gasteiger partial charge in [-0.3, -0.25) is 4.90 Å². The summed E-state index contributed by atoms with van der Waals surface area (Å²) in [7, 11) is 2.13.